The Bertz CT molecular complexity index is 1050. The van der Waals surface area contributed by atoms with Crippen molar-refractivity contribution in [3.8, 4) is 17.2 Å². The minimum absolute atomic E-state index is 0.0623. The molecule has 3 aromatic rings. The molecule has 1 aliphatic rings. The van der Waals surface area contributed by atoms with Crippen molar-refractivity contribution in [3.05, 3.63) is 53.1 Å². The zero-order valence-corrected chi connectivity index (χ0v) is 17.7. The highest BCUT2D eigenvalue weighted by Gasteiger charge is 2.14. The second kappa shape index (κ2) is 9.17. The van der Waals surface area contributed by atoms with E-state index in [1.54, 1.807) is 4.68 Å². The van der Waals surface area contributed by atoms with Gasteiger partial charge in [-0.15, -0.1) is 5.10 Å². The SMILES string of the molecule is Cc1ccc(-n2nnnc2SCC(=O)NCCc2ccc3c(c2)OCCO3)c(C)c1. The van der Waals surface area contributed by atoms with Crippen molar-refractivity contribution < 1.29 is 14.3 Å². The van der Waals surface area contributed by atoms with Gasteiger partial charge in [-0.3, -0.25) is 4.79 Å². The molecule has 2 aromatic carbocycles. The molecule has 0 radical (unpaired) electrons. The van der Waals surface area contributed by atoms with Crippen molar-refractivity contribution >= 4 is 17.7 Å². The minimum atomic E-state index is -0.0623. The number of hydrogen-bond acceptors (Lipinski definition) is 7. The van der Waals surface area contributed by atoms with Crippen molar-refractivity contribution in [2.24, 2.45) is 0 Å². The highest BCUT2D eigenvalue weighted by atomic mass is 32.2. The predicted octanol–water partition coefficient (Wildman–Crippen LogP) is 2.50. The van der Waals surface area contributed by atoms with Crippen LogP contribution >= 0.6 is 11.8 Å². The summed E-state index contributed by atoms with van der Waals surface area (Å²) in [5.74, 6) is 1.71. The van der Waals surface area contributed by atoms with Crippen molar-refractivity contribution in [2.45, 2.75) is 25.4 Å². The molecule has 30 heavy (non-hydrogen) atoms. The largest absolute Gasteiger partial charge is 0.486 e. The van der Waals surface area contributed by atoms with Crippen LogP contribution in [0.2, 0.25) is 0 Å². The lowest BCUT2D eigenvalue weighted by molar-refractivity contribution is -0.118. The third kappa shape index (κ3) is 4.73. The first-order valence-corrected chi connectivity index (χ1v) is 10.7. The normalized spacial score (nSPS) is 12.6. The Labute approximate surface area is 179 Å². The minimum Gasteiger partial charge on any atom is -0.486 e. The lowest BCUT2D eigenvalue weighted by atomic mass is 10.1. The van der Waals surface area contributed by atoms with Gasteiger partial charge in [0, 0.05) is 6.54 Å². The zero-order valence-electron chi connectivity index (χ0n) is 16.9. The van der Waals surface area contributed by atoms with E-state index in [1.807, 2.05) is 44.2 Å². The number of thioether (sulfide) groups is 1. The Morgan fingerprint density at radius 1 is 1.13 bits per heavy atom. The summed E-state index contributed by atoms with van der Waals surface area (Å²) in [5, 5.41) is 15.4. The fourth-order valence-electron chi connectivity index (χ4n) is 3.23. The third-order valence-electron chi connectivity index (χ3n) is 4.70. The van der Waals surface area contributed by atoms with Gasteiger partial charge in [-0.05, 0) is 60.0 Å². The number of nitrogens with zero attached hydrogens (tertiary/aromatic N) is 4. The summed E-state index contributed by atoms with van der Waals surface area (Å²) in [6, 6.07) is 12.0. The third-order valence-corrected chi connectivity index (χ3v) is 5.62. The van der Waals surface area contributed by atoms with Crippen LogP contribution in [0, 0.1) is 13.8 Å². The summed E-state index contributed by atoms with van der Waals surface area (Å²) in [4.78, 5) is 12.3. The number of amides is 1. The summed E-state index contributed by atoms with van der Waals surface area (Å²) in [7, 11) is 0. The number of nitrogens with one attached hydrogen (secondary N) is 1. The molecular formula is C21H23N5O3S. The van der Waals surface area contributed by atoms with Gasteiger partial charge in [0.05, 0.1) is 11.4 Å². The van der Waals surface area contributed by atoms with Gasteiger partial charge in [0.1, 0.15) is 13.2 Å². The molecule has 0 saturated heterocycles. The standard InChI is InChI=1S/C21H23N5O3S/c1-14-3-5-17(15(2)11-14)26-21(23-24-25-26)30-13-20(27)22-8-7-16-4-6-18-19(12-16)29-10-9-28-18/h3-6,11-12H,7-10,13H2,1-2H3,(H,22,27). The second-order valence-electron chi connectivity index (χ2n) is 7.03. The lowest BCUT2D eigenvalue weighted by Crippen LogP contribution is -2.27. The van der Waals surface area contributed by atoms with E-state index in [-0.39, 0.29) is 11.7 Å². The summed E-state index contributed by atoms with van der Waals surface area (Å²) in [5.41, 5.74) is 4.25. The predicted molar refractivity (Wildman–Crippen MR) is 113 cm³/mol. The van der Waals surface area contributed by atoms with Crippen molar-refractivity contribution in [1.82, 2.24) is 25.5 Å². The van der Waals surface area contributed by atoms with Crippen LogP contribution in [0.15, 0.2) is 41.6 Å². The van der Waals surface area contributed by atoms with E-state index in [2.05, 4.69) is 26.9 Å². The molecule has 2 heterocycles. The first kappa shape index (κ1) is 20.2. The van der Waals surface area contributed by atoms with Crippen LogP contribution in [-0.4, -0.2) is 51.6 Å². The van der Waals surface area contributed by atoms with Crippen LogP contribution < -0.4 is 14.8 Å². The molecule has 156 valence electrons. The van der Waals surface area contributed by atoms with Gasteiger partial charge in [0.25, 0.3) is 0 Å². The Morgan fingerprint density at radius 2 is 1.97 bits per heavy atom. The van der Waals surface area contributed by atoms with E-state index < -0.39 is 0 Å². The van der Waals surface area contributed by atoms with E-state index in [9.17, 15) is 4.79 Å². The van der Waals surface area contributed by atoms with Crippen LogP contribution in [0.3, 0.4) is 0 Å². The maximum atomic E-state index is 12.3. The average Bonchev–Trinajstić information content (AvgIpc) is 3.20. The highest BCUT2D eigenvalue weighted by Crippen LogP contribution is 2.30. The van der Waals surface area contributed by atoms with Gasteiger partial charge in [-0.25, -0.2) is 0 Å². The average molecular weight is 426 g/mol. The molecule has 0 bridgehead atoms. The van der Waals surface area contributed by atoms with Gasteiger partial charge in [0.2, 0.25) is 11.1 Å². The van der Waals surface area contributed by atoms with Crippen LogP contribution in [-0.2, 0) is 11.2 Å². The smallest absolute Gasteiger partial charge is 0.230 e. The molecule has 1 amide bonds. The maximum Gasteiger partial charge on any atom is 0.230 e. The molecule has 0 saturated carbocycles. The second-order valence-corrected chi connectivity index (χ2v) is 7.97. The van der Waals surface area contributed by atoms with Crippen LogP contribution in [0.25, 0.3) is 5.69 Å². The summed E-state index contributed by atoms with van der Waals surface area (Å²) in [6.45, 7) is 5.74. The molecule has 1 aromatic heterocycles. The maximum absolute atomic E-state index is 12.3. The number of aromatic nitrogens is 4. The Hall–Kier alpha value is -3.07. The Kier molecular flexibility index (Phi) is 6.18. The molecule has 1 N–H and O–H groups in total. The van der Waals surface area contributed by atoms with E-state index in [0.29, 0.717) is 31.3 Å². The summed E-state index contributed by atoms with van der Waals surface area (Å²) < 4.78 is 12.8. The molecule has 0 aliphatic carbocycles. The number of hydrogen-bond donors (Lipinski definition) is 1. The van der Waals surface area contributed by atoms with E-state index in [0.717, 1.165) is 28.3 Å². The first-order valence-electron chi connectivity index (χ1n) is 9.74. The topological polar surface area (TPSA) is 91.2 Å². The van der Waals surface area contributed by atoms with Gasteiger partial charge in [-0.2, -0.15) is 4.68 Å². The van der Waals surface area contributed by atoms with Gasteiger partial charge >= 0.3 is 0 Å². The number of aryl methyl sites for hydroxylation is 2. The summed E-state index contributed by atoms with van der Waals surface area (Å²) in [6.07, 6.45) is 0.716. The lowest BCUT2D eigenvalue weighted by Gasteiger charge is -2.18. The van der Waals surface area contributed by atoms with Crippen LogP contribution in [0.1, 0.15) is 16.7 Å². The van der Waals surface area contributed by atoms with Gasteiger partial charge in [-0.1, -0.05) is 35.5 Å². The molecule has 8 nitrogen and oxygen atoms in total. The van der Waals surface area contributed by atoms with Crippen molar-refractivity contribution in [3.63, 3.8) is 0 Å². The monoisotopic (exact) mass is 425 g/mol. The number of tetrazole rings is 1. The first-order chi connectivity index (χ1) is 14.6. The number of carbonyl (C=O) groups is 1. The quantitative estimate of drug-likeness (QED) is 0.582. The van der Waals surface area contributed by atoms with Crippen LogP contribution in [0.4, 0.5) is 0 Å². The Morgan fingerprint density at radius 3 is 2.80 bits per heavy atom. The number of benzene rings is 2. The number of rotatable bonds is 7. The molecule has 0 spiro atoms. The van der Waals surface area contributed by atoms with Gasteiger partial charge < -0.3 is 14.8 Å². The molecule has 0 fully saturated rings. The van der Waals surface area contributed by atoms with Crippen molar-refractivity contribution in [1.29, 1.82) is 0 Å². The van der Waals surface area contributed by atoms with Gasteiger partial charge in [0.15, 0.2) is 11.5 Å². The Balaban J connectivity index is 1.28. The number of fused-ring (bicyclic) bond motifs is 1. The number of carbonyl (C=O) groups excluding carboxylic acids is 1. The fraction of sp³-hybridized carbons (Fsp3) is 0.333. The fourth-order valence-corrected chi connectivity index (χ4v) is 3.95. The van der Waals surface area contributed by atoms with E-state index in [4.69, 9.17) is 9.47 Å². The van der Waals surface area contributed by atoms with Crippen LogP contribution in [0.5, 0.6) is 11.5 Å². The molecular weight excluding hydrogens is 402 g/mol. The molecule has 0 unspecified atom stereocenters. The molecule has 4 rings (SSSR count). The number of ether oxygens (including phenoxy) is 2. The highest BCUT2D eigenvalue weighted by molar-refractivity contribution is 7.99. The zero-order chi connectivity index (χ0) is 20.9. The van der Waals surface area contributed by atoms with E-state index in [1.165, 1.54) is 17.3 Å². The molecule has 0 atom stereocenters. The molecule has 9 heteroatoms. The van der Waals surface area contributed by atoms with Crippen molar-refractivity contribution in [2.75, 3.05) is 25.5 Å². The summed E-state index contributed by atoms with van der Waals surface area (Å²) >= 11 is 1.31. The van der Waals surface area contributed by atoms with E-state index >= 15 is 0 Å². The molecule has 1 aliphatic heterocycles.